The van der Waals surface area contributed by atoms with Gasteiger partial charge in [-0.05, 0) is 37.0 Å². The first kappa shape index (κ1) is 10.4. The molecule has 1 aromatic carbocycles. The monoisotopic (exact) mass is 192 g/mol. The second-order valence-electron chi connectivity index (χ2n) is 3.20. The van der Waals surface area contributed by atoms with Crippen LogP contribution in [0.5, 0.6) is 0 Å². The second kappa shape index (κ2) is 5.13. The SMILES string of the molecule is CS/C(C)=C(\C)Cc1ccccc1. The van der Waals surface area contributed by atoms with E-state index in [1.807, 2.05) is 11.8 Å². The zero-order valence-electron chi connectivity index (χ0n) is 8.50. The van der Waals surface area contributed by atoms with Crippen LogP contribution in [-0.2, 0) is 6.42 Å². The van der Waals surface area contributed by atoms with Crippen molar-refractivity contribution in [3.05, 3.63) is 46.4 Å². The van der Waals surface area contributed by atoms with Gasteiger partial charge in [0.15, 0.2) is 0 Å². The topological polar surface area (TPSA) is 0 Å². The Hall–Kier alpha value is -0.690. The molecule has 1 heteroatoms. The van der Waals surface area contributed by atoms with Crippen LogP contribution in [0.1, 0.15) is 19.4 Å². The molecule has 70 valence electrons. The molecule has 0 saturated carbocycles. The van der Waals surface area contributed by atoms with Crippen molar-refractivity contribution in [2.75, 3.05) is 6.26 Å². The molecule has 0 N–H and O–H groups in total. The van der Waals surface area contributed by atoms with Crippen LogP contribution in [0, 0.1) is 0 Å². The van der Waals surface area contributed by atoms with Gasteiger partial charge in [0.25, 0.3) is 0 Å². The summed E-state index contributed by atoms with van der Waals surface area (Å²) in [4.78, 5) is 1.43. The van der Waals surface area contributed by atoms with Crippen LogP contribution < -0.4 is 0 Å². The highest BCUT2D eigenvalue weighted by Gasteiger charge is 1.97. The van der Waals surface area contributed by atoms with Crippen LogP contribution in [0.15, 0.2) is 40.8 Å². The van der Waals surface area contributed by atoms with Crippen molar-refractivity contribution in [1.82, 2.24) is 0 Å². The maximum atomic E-state index is 2.21. The Kier molecular flexibility index (Phi) is 4.10. The first-order valence-corrected chi connectivity index (χ1v) is 5.70. The van der Waals surface area contributed by atoms with Gasteiger partial charge in [-0.3, -0.25) is 0 Å². The Morgan fingerprint density at radius 2 is 1.77 bits per heavy atom. The van der Waals surface area contributed by atoms with E-state index < -0.39 is 0 Å². The van der Waals surface area contributed by atoms with Crippen LogP contribution in [0.25, 0.3) is 0 Å². The predicted molar refractivity (Wildman–Crippen MR) is 62.0 cm³/mol. The molecule has 13 heavy (non-hydrogen) atoms. The minimum absolute atomic E-state index is 1.08. The van der Waals surface area contributed by atoms with Gasteiger partial charge in [0.05, 0.1) is 0 Å². The van der Waals surface area contributed by atoms with Crippen LogP contribution in [0.4, 0.5) is 0 Å². The van der Waals surface area contributed by atoms with Gasteiger partial charge in [-0.25, -0.2) is 0 Å². The highest BCUT2D eigenvalue weighted by atomic mass is 32.2. The van der Waals surface area contributed by atoms with Crippen LogP contribution in [-0.4, -0.2) is 6.26 Å². The Morgan fingerprint density at radius 3 is 2.31 bits per heavy atom. The highest BCUT2D eigenvalue weighted by molar-refractivity contribution is 8.02. The molecule has 1 aromatic rings. The van der Waals surface area contributed by atoms with E-state index in [1.165, 1.54) is 16.0 Å². The molecule has 0 radical (unpaired) electrons. The average Bonchev–Trinajstić information content (AvgIpc) is 2.18. The molecule has 0 spiro atoms. The molecule has 0 atom stereocenters. The molecule has 0 saturated heterocycles. The fraction of sp³-hybridized carbons (Fsp3) is 0.333. The van der Waals surface area contributed by atoms with E-state index in [0.717, 1.165) is 6.42 Å². The van der Waals surface area contributed by atoms with Gasteiger partial charge in [-0.15, -0.1) is 11.8 Å². The van der Waals surface area contributed by atoms with Gasteiger partial charge in [-0.2, -0.15) is 0 Å². The van der Waals surface area contributed by atoms with E-state index in [9.17, 15) is 0 Å². The summed E-state index contributed by atoms with van der Waals surface area (Å²) in [5, 5.41) is 0. The van der Waals surface area contributed by atoms with Crippen LogP contribution >= 0.6 is 11.8 Å². The molecular weight excluding hydrogens is 176 g/mol. The molecule has 0 amide bonds. The Bertz CT molecular complexity index is 285. The van der Waals surface area contributed by atoms with Gasteiger partial charge in [0, 0.05) is 0 Å². The molecule has 0 nitrogen and oxygen atoms in total. The number of rotatable bonds is 3. The maximum Gasteiger partial charge on any atom is -0.00591 e. The van der Waals surface area contributed by atoms with E-state index in [4.69, 9.17) is 0 Å². The zero-order valence-corrected chi connectivity index (χ0v) is 9.32. The lowest BCUT2D eigenvalue weighted by Gasteiger charge is -2.05. The smallest absolute Gasteiger partial charge is 0.00591 e. The van der Waals surface area contributed by atoms with E-state index >= 15 is 0 Å². The van der Waals surface area contributed by atoms with Gasteiger partial charge in [-0.1, -0.05) is 35.9 Å². The standard InChI is InChI=1S/C12H16S/c1-10(11(2)13-3)9-12-7-5-4-6-8-12/h4-8H,9H2,1-3H3/b11-10+. The van der Waals surface area contributed by atoms with E-state index in [2.05, 4.69) is 50.4 Å². The van der Waals surface area contributed by atoms with Crippen molar-refractivity contribution in [1.29, 1.82) is 0 Å². The maximum absolute atomic E-state index is 2.21. The number of allylic oxidation sites excluding steroid dienone is 2. The molecule has 0 aliphatic carbocycles. The molecule has 0 fully saturated rings. The molecule has 0 heterocycles. The summed E-state index contributed by atoms with van der Waals surface area (Å²) in [5.74, 6) is 0. The zero-order chi connectivity index (χ0) is 9.68. The lowest BCUT2D eigenvalue weighted by molar-refractivity contribution is 1.13. The lowest BCUT2D eigenvalue weighted by atomic mass is 10.1. The molecule has 1 rings (SSSR count). The largest absolute Gasteiger partial charge is 0.134 e. The summed E-state index contributed by atoms with van der Waals surface area (Å²) in [6.07, 6.45) is 3.21. The third-order valence-electron chi connectivity index (χ3n) is 2.22. The molecule has 0 aliphatic rings. The molecule has 0 unspecified atom stereocenters. The summed E-state index contributed by atoms with van der Waals surface area (Å²) >= 11 is 1.83. The molecule has 0 aliphatic heterocycles. The van der Waals surface area contributed by atoms with Crippen molar-refractivity contribution in [2.24, 2.45) is 0 Å². The second-order valence-corrected chi connectivity index (χ2v) is 4.22. The van der Waals surface area contributed by atoms with E-state index in [-0.39, 0.29) is 0 Å². The van der Waals surface area contributed by atoms with Gasteiger partial charge < -0.3 is 0 Å². The summed E-state index contributed by atoms with van der Waals surface area (Å²) < 4.78 is 0. The average molecular weight is 192 g/mol. The summed E-state index contributed by atoms with van der Waals surface area (Å²) in [6.45, 7) is 4.39. The summed E-state index contributed by atoms with van der Waals surface area (Å²) in [6, 6.07) is 10.6. The fourth-order valence-electron chi connectivity index (χ4n) is 1.20. The summed E-state index contributed by atoms with van der Waals surface area (Å²) in [5.41, 5.74) is 2.87. The van der Waals surface area contributed by atoms with Crippen LogP contribution in [0.3, 0.4) is 0 Å². The van der Waals surface area contributed by atoms with Gasteiger partial charge in [0.2, 0.25) is 0 Å². The van der Waals surface area contributed by atoms with Crippen molar-refractivity contribution in [3.63, 3.8) is 0 Å². The number of thioether (sulfide) groups is 1. The molecule has 0 aromatic heterocycles. The summed E-state index contributed by atoms with van der Waals surface area (Å²) in [7, 11) is 0. The number of hydrogen-bond acceptors (Lipinski definition) is 1. The predicted octanol–water partition coefficient (Wildman–Crippen LogP) is 3.89. The van der Waals surface area contributed by atoms with E-state index in [0.29, 0.717) is 0 Å². The normalized spacial score (nSPS) is 12.5. The van der Waals surface area contributed by atoms with Gasteiger partial charge >= 0.3 is 0 Å². The molecular formula is C12H16S. The third-order valence-corrected chi connectivity index (χ3v) is 3.18. The Balaban J connectivity index is 2.70. The van der Waals surface area contributed by atoms with Gasteiger partial charge in [0.1, 0.15) is 0 Å². The van der Waals surface area contributed by atoms with Crippen LogP contribution in [0.2, 0.25) is 0 Å². The quantitative estimate of drug-likeness (QED) is 0.700. The Labute approximate surface area is 85.1 Å². The number of hydrogen-bond donors (Lipinski definition) is 0. The van der Waals surface area contributed by atoms with Crippen molar-refractivity contribution in [3.8, 4) is 0 Å². The minimum atomic E-state index is 1.08. The first-order valence-electron chi connectivity index (χ1n) is 4.48. The van der Waals surface area contributed by atoms with Crippen molar-refractivity contribution >= 4 is 11.8 Å². The first-order chi connectivity index (χ1) is 6.24. The molecule has 0 bridgehead atoms. The number of benzene rings is 1. The van der Waals surface area contributed by atoms with Crippen molar-refractivity contribution in [2.45, 2.75) is 20.3 Å². The van der Waals surface area contributed by atoms with Crippen molar-refractivity contribution < 1.29 is 0 Å². The highest BCUT2D eigenvalue weighted by Crippen LogP contribution is 2.18. The lowest BCUT2D eigenvalue weighted by Crippen LogP contribution is -1.88. The fourth-order valence-corrected chi connectivity index (χ4v) is 1.62. The Morgan fingerprint density at radius 1 is 1.15 bits per heavy atom. The minimum Gasteiger partial charge on any atom is -0.134 e. The third kappa shape index (κ3) is 3.27. The van der Waals surface area contributed by atoms with E-state index in [1.54, 1.807) is 0 Å².